The lowest BCUT2D eigenvalue weighted by molar-refractivity contribution is -0.931. The lowest BCUT2D eigenvalue weighted by Crippen LogP contribution is -3.15. The Kier molecular flexibility index (Phi) is 5.76. The van der Waals surface area contributed by atoms with Crippen LogP contribution in [0.15, 0.2) is 48.8 Å². The number of carbonyl (C=O) groups is 1. The molecule has 1 aliphatic carbocycles. The number of methoxy groups -OCH3 is 1. The molecule has 1 aromatic carbocycles. The molecule has 1 atom stereocenters. The van der Waals surface area contributed by atoms with E-state index in [-0.39, 0.29) is 17.9 Å². The van der Waals surface area contributed by atoms with Crippen molar-refractivity contribution >= 4 is 11.6 Å². The van der Waals surface area contributed by atoms with Crippen LogP contribution in [0.3, 0.4) is 0 Å². The Labute approximate surface area is 166 Å². The van der Waals surface area contributed by atoms with Gasteiger partial charge in [-0.3, -0.25) is 9.78 Å². The number of rotatable bonds is 7. The lowest BCUT2D eigenvalue weighted by Gasteiger charge is -2.37. The van der Waals surface area contributed by atoms with Gasteiger partial charge in [0.2, 0.25) is 5.91 Å². The van der Waals surface area contributed by atoms with Crippen molar-refractivity contribution in [3.8, 4) is 5.75 Å². The number of aromatic nitrogens is 1. The summed E-state index contributed by atoms with van der Waals surface area (Å²) in [5, 5.41) is 3.18. The molecule has 2 heterocycles. The van der Waals surface area contributed by atoms with E-state index in [1.54, 1.807) is 13.3 Å². The molecule has 2 aliphatic rings. The van der Waals surface area contributed by atoms with Gasteiger partial charge < -0.3 is 19.9 Å². The number of hydrogen-bond donors (Lipinski definition) is 2. The number of ether oxygens (including phenoxy) is 1. The molecular formula is C22H29N4O2+. The molecule has 1 saturated carbocycles. The molecule has 1 unspecified atom stereocenters. The molecule has 0 spiro atoms. The molecule has 2 N–H and O–H groups in total. The van der Waals surface area contributed by atoms with Crippen LogP contribution in [-0.2, 0) is 4.79 Å². The van der Waals surface area contributed by atoms with Crippen LogP contribution in [0.1, 0.15) is 24.4 Å². The minimum atomic E-state index is 0.213. The average Bonchev–Trinajstić information content (AvgIpc) is 3.61. The molecule has 1 aromatic heterocycles. The van der Waals surface area contributed by atoms with E-state index in [0.29, 0.717) is 6.54 Å². The van der Waals surface area contributed by atoms with Crippen LogP contribution in [0.25, 0.3) is 0 Å². The molecule has 4 rings (SSSR count). The summed E-state index contributed by atoms with van der Waals surface area (Å²) in [6.45, 7) is 4.73. The van der Waals surface area contributed by atoms with Crippen LogP contribution in [0.4, 0.5) is 5.69 Å². The van der Waals surface area contributed by atoms with Gasteiger partial charge >= 0.3 is 0 Å². The van der Waals surface area contributed by atoms with Crippen molar-refractivity contribution in [1.29, 1.82) is 0 Å². The van der Waals surface area contributed by atoms with E-state index in [4.69, 9.17) is 4.74 Å². The predicted molar refractivity (Wildman–Crippen MR) is 109 cm³/mol. The average molecular weight is 382 g/mol. The van der Waals surface area contributed by atoms with Crippen molar-refractivity contribution in [2.45, 2.75) is 18.9 Å². The first-order chi connectivity index (χ1) is 13.7. The number of pyridine rings is 1. The van der Waals surface area contributed by atoms with Crippen LogP contribution in [0.2, 0.25) is 0 Å². The molecule has 1 aliphatic heterocycles. The van der Waals surface area contributed by atoms with Crippen LogP contribution in [0.5, 0.6) is 5.75 Å². The predicted octanol–water partition coefficient (Wildman–Crippen LogP) is 1.06. The van der Waals surface area contributed by atoms with Crippen LogP contribution in [0, 0.1) is 5.92 Å². The number of benzene rings is 1. The van der Waals surface area contributed by atoms with Crippen molar-refractivity contribution in [2.75, 3.05) is 44.7 Å². The van der Waals surface area contributed by atoms with Crippen LogP contribution < -0.4 is 19.9 Å². The van der Waals surface area contributed by atoms with Crippen LogP contribution >= 0.6 is 0 Å². The van der Waals surface area contributed by atoms with Gasteiger partial charge in [-0.1, -0.05) is 0 Å². The molecule has 0 bridgehead atoms. The summed E-state index contributed by atoms with van der Waals surface area (Å²) in [5.41, 5.74) is 2.44. The summed E-state index contributed by atoms with van der Waals surface area (Å²) in [5.74, 6) is 1.35. The van der Waals surface area contributed by atoms with E-state index in [2.05, 4.69) is 33.4 Å². The third kappa shape index (κ3) is 4.44. The topological polar surface area (TPSA) is 58.9 Å². The lowest BCUT2D eigenvalue weighted by atomic mass is 10.1. The summed E-state index contributed by atoms with van der Waals surface area (Å²) in [4.78, 5) is 20.4. The monoisotopic (exact) mass is 381 g/mol. The number of quaternary nitrogens is 1. The standard InChI is InChI=1S/C22H28N4O2/c1-28-20-8-6-19(7-9-20)25-11-13-26(14-12-25)21(18-3-2-10-23-15-18)16-24-22(27)17-4-5-17/h2-3,6-10,15,17,21H,4-5,11-14,16H2,1H3,(H,24,27)/p+1. The van der Waals surface area contributed by atoms with E-state index in [1.165, 1.54) is 16.2 Å². The number of amides is 1. The fourth-order valence-electron chi connectivity index (χ4n) is 3.97. The van der Waals surface area contributed by atoms with E-state index in [1.807, 2.05) is 24.4 Å². The second-order valence-electron chi connectivity index (χ2n) is 7.70. The van der Waals surface area contributed by atoms with Gasteiger partial charge in [0, 0.05) is 29.6 Å². The second-order valence-corrected chi connectivity index (χ2v) is 7.70. The normalized spacial score (nSPS) is 18.5. The van der Waals surface area contributed by atoms with Crippen molar-refractivity contribution in [2.24, 2.45) is 5.92 Å². The summed E-state index contributed by atoms with van der Waals surface area (Å²) < 4.78 is 5.26. The molecule has 6 heteroatoms. The Bertz CT molecular complexity index is 769. The molecule has 2 fully saturated rings. The summed E-state index contributed by atoms with van der Waals surface area (Å²) in [7, 11) is 1.69. The van der Waals surface area contributed by atoms with E-state index in [0.717, 1.165) is 44.8 Å². The quantitative estimate of drug-likeness (QED) is 0.753. The van der Waals surface area contributed by atoms with Crippen molar-refractivity contribution < 1.29 is 14.4 Å². The third-order valence-electron chi connectivity index (χ3n) is 5.85. The highest BCUT2D eigenvalue weighted by Crippen LogP contribution is 2.28. The second kappa shape index (κ2) is 8.61. The van der Waals surface area contributed by atoms with Gasteiger partial charge in [-0.2, -0.15) is 0 Å². The van der Waals surface area contributed by atoms with Crippen LogP contribution in [-0.4, -0.2) is 50.7 Å². The highest BCUT2D eigenvalue weighted by Gasteiger charge is 2.33. The maximum Gasteiger partial charge on any atom is 0.223 e. The molecular weight excluding hydrogens is 352 g/mol. The maximum atomic E-state index is 12.2. The smallest absolute Gasteiger partial charge is 0.223 e. The first kappa shape index (κ1) is 18.7. The van der Waals surface area contributed by atoms with Gasteiger partial charge in [0.15, 0.2) is 0 Å². The zero-order valence-corrected chi connectivity index (χ0v) is 16.4. The molecule has 148 valence electrons. The first-order valence-corrected chi connectivity index (χ1v) is 10.2. The number of piperazine rings is 1. The largest absolute Gasteiger partial charge is 0.497 e. The van der Waals surface area contributed by atoms with Crippen molar-refractivity contribution in [1.82, 2.24) is 10.3 Å². The number of nitrogens with zero attached hydrogens (tertiary/aromatic N) is 2. The number of nitrogens with one attached hydrogen (secondary N) is 2. The maximum absolute atomic E-state index is 12.2. The first-order valence-electron chi connectivity index (χ1n) is 10.2. The van der Waals surface area contributed by atoms with Gasteiger partial charge in [-0.15, -0.1) is 0 Å². The SMILES string of the molecule is COc1ccc(N2CC[NH+](C(CNC(=O)C3CC3)c3cccnc3)CC2)cc1. The number of anilines is 1. The Hall–Kier alpha value is -2.60. The van der Waals surface area contributed by atoms with E-state index in [9.17, 15) is 4.79 Å². The van der Waals surface area contributed by atoms with E-state index >= 15 is 0 Å². The van der Waals surface area contributed by atoms with Gasteiger partial charge in [0.25, 0.3) is 0 Å². The Morgan fingerprint density at radius 2 is 2.00 bits per heavy atom. The van der Waals surface area contributed by atoms with Crippen molar-refractivity contribution in [3.63, 3.8) is 0 Å². The molecule has 1 amide bonds. The Morgan fingerprint density at radius 3 is 2.61 bits per heavy atom. The summed E-state index contributed by atoms with van der Waals surface area (Å²) in [6, 6.07) is 12.6. The van der Waals surface area contributed by atoms with Gasteiger partial charge in [0.1, 0.15) is 11.8 Å². The highest BCUT2D eigenvalue weighted by molar-refractivity contribution is 5.80. The minimum absolute atomic E-state index is 0.213. The zero-order valence-electron chi connectivity index (χ0n) is 16.4. The summed E-state index contributed by atoms with van der Waals surface area (Å²) in [6.07, 6.45) is 5.82. The molecule has 0 radical (unpaired) electrons. The molecule has 2 aromatic rings. The van der Waals surface area contributed by atoms with Gasteiger partial charge in [-0.05, 0) is 49.2 Å². The molecule has 1 saturated heterocycles. The third-order valence-corrected chi connectivity index (χ3v) is 5.85. The minimum Gasteiger partial charge on any atom is -0.497 e. The number of carbonyl (C=O) groups excluding carboxylic acids is 1. The number of hydrogen-bond acceptors (Lipinski definition) is 4. The van der Waals surface area contributed by atoms with E-state index < -0.39 is 0 Å². The fourth-order valence-corrected chi connectivity index (χ4v) is 3.97. The Balaban J connectivity index is 1.40. The molecule has 28 heavy (non-hydrogen) atoms. The summed E-state index contributed by atoms with van der Waals surface area (Å²) >= 11 is 0. The highest BCUT2D eigenvalue weighted by atomic mass is 16.5. The van der Waals surface area contributed by atoms with Gasteiger partial charge in [0.05, 0.1) is 39.8 Å². The zero-order chi connectivity index (χ0) is 19.3. The molecule has 6 nitrogen and oxygen atoms in total. The Morgan fingerprint density at radius 1 is 1.25 bits per heavy atom. The fraction of sp³-hybridized carbons (Fsp3) is 0.455. The van der Waals surface area contributed by atoms with Gasteiger partial charge in [-0.25, -0.2) is 0 Å². The van der Waals surface area contributed by atoms with Crippen molar-refractivity contribution in [3.05, 3.63) is 54.4 Å².